The summed E-state index contributed by atoms with van der Waals surface area (Å²) in [6.07, 6.45) is 1.55. The van der Waals surface area contributed by atoms with Gasteiger partial charge >= 0.3 is 0 Å². The highest BCUT2D eigenvalue weighted by molar-refractivity contribution is 7.15. The van der Waals surface area contributed by atoms with Crippen molar-refractivity contribution in [1.29, 1.82) is 0 Å². The summed E-state index contributed by atoms with van der Waals surface area (Å²) in [6, 6.07) is 0.396. The molecule has 0 spiro atoms. The number of aliphatic hydroxyl groups is 1. The zero-order valence-corrected chi connectivity index (χ0v) is 7.64. The molecule has 1 aromatic rings. The monoisotopic (exact) mass is 185 g/mol. The maximum atomic E-state index is 9.03. The van der Waals surface area contributed by atoms with Crippen LogP contribution in [0, 0.1) is 6.92 Å². The molecule has 0 amide bonds. The number of hydrogen-bond acceptors (Lipinski definition) is 5. The topological polar surface area (TPSA) is 58.0 Å². The van der Waals surface area contributed by atoms with Crippen molar-refractivity contribution >= 4 is 16.5 Å². The average Bonchev–Trinajstić information content (AvgIpc) is 2.33. The van der Waals surface area contributed by atoms with E-state index in [4.69, 9.17) is 5.11 Å². The number of aromatic nitrogens is 2. The smallest absolute Gasteiger partial charge is 0.205 e. The number of nitrogens with one attached hydrogen (secondary N) is 1. The Morgan fingerprint density at radius 2 is 2.25 bits per heavy atom. The van der Waals surface area contributed by atoms with Crippen LogP contribution in [0.3, 0.4) is 0 Å². The lowest BCUT2D eigenvalue weighted by molar-refractivity contribution is 0.0836. The molecular weight excluding hydrogens is 174 g/mol. The molecule has 0 atom stereocenters. The molecule has 1 aromatic heterocycles. The first-order valence-corrected chi connectivity index (χ1v) is 4.80. The second kappa shape index (κ2) is 2.99. The molecule has 5 heteroatoms. The Bertz CT molecular complexity index is 269. The predicted molar refractivity (Wildman–Crippen MR) is 47.3 cm³/mol. The largest absolute Gasteiger partial charge is 0.393 e. The van der Waals surface area contributed by atoms with Gasteiger partial charge in [-0.1, -0.05) is 11.3 Å². The summed E-state index contributed by atoms with van der Waals surface area (Å²) >= 11 is 1.55. The summed E-state index contributed by atoms with van der Waals surface area (Å²) in [6.45, 7) is 1.93. The third kappa shape index (κ3) is 1.56. The minimum absolute atomic E-state index is 0.114. The van der Waals surface area contributed by atoms with Crippen LogP contribution in [0.5, 0.6) is 0 Å². The number of aryl methyl sites for hydroxylation is 1. The fourth-order valence-corrected chi connectivity index (χ4v) is 1.90. The van der Waals surface area contributed by atoms with E-state index >= 15 is 0 Å². The lowest BCUT2D eigenvalue weighted by Crippen LogP contribution is -2.38. The van der Waals surface area contributed by atoms with E-state index in [0.29, 0.717) is 6.04 Å². The highest BCUT2D eigenvalue weighted by atomic mass is 32.1. The molecule has 12 heavy (non-hydrogen) atoms. The van der Waals surface area contributed by atoms with Gasteiger partial charge in [-0.3, -0.25) is 0 Å². The number of rotatable bonds is 2. The third-order valence-corrected chi connectivity index (χ3v) is 2.74. The van der Waals surface area contributed by atoms with Gasteiger partial charge in [0.25, 0.3) is 0 Å². The van der Waals surface area contributed by atoms with Gasteiger partial charge in [0, 0.05) is 6.04 Å². The van der Waals surface area contributed by atoms with Gasteiger partial charge in [-0.2, -0.15) is 0 Å². The quantitative estimate of drug-likeness (QED) is 0.715. The van der Waals surface area contributed by atoms with Crippen LogP contribution >= 0.6 is 11.3 Å². The van der Waals surface area contributed by atoms with Crippen LogP contribution in [0.2, 0.25) is 0 Å². The van der Waals surface area contributed by atoms with Gasteiger partial charge in [0.1, 0.15) is 5.01 Å². The van der Waals surface area contributed by atoms with Gasteiger partial charge in [-0.05, 0) is 19.8 Å². The highest BCUT2D eigenvalue weighted by Crippen LogP contribution is 2.25. The average molecular weight is 185 g/mol. The van der Waals surface area contributed by atoms with Gasteiger partial charge in [0.15, 0.2) is 0 Å². The van der Waals surface area contributed by atoms with E-state index in [2.05, 4.69) is 15.5 Å². The lowest BCUT2D eigenvalue weighted by Gasteiger charge is -2.31. The van der Waals surface area contributed by atoms with Crippen molar-refractivity contribution in [3.63, 3.8) is 0 Å². The molecule has 0 radical (unpaired) electrons. The van der Waals surface area contributed by atoms with Crippen molar-refractivity contribution < 1.29 is 5.11 Å². The Morgan fingerprint density at radius 3 is 2.75 bits per heavy atom. The Kier molecular flexibility index (Phi) is 1.98. The zero-order valence-electron chi connectivity index (χ0n) is 6.82. The molecule has 1 aliphatic carbocycles. The Hall–Kier alpha value is -0.680. The molecule has 2 rings (SSSR count). The van der Waals surface area contributed by atoms with E-state index in [1.54, 1.807) is 11.3 Å². The minimum atomic E-state index is -0.114. The molecule has 1 heterocycles. The standard InChI is InChI=1S/C7H11N3OS/c1-4-9-10-7(12-4)8-5-2-6(11)3-5/h5-6,11H,2-3H2,1H3,(H,8,10). The summed E-state index contributed by atoms with van der Waals surface area (Å²) in [7, 11) is 0. The van der Waals surface area contributed by atoms with Crippen LogP contribution in [-0.4, -0.2) is 27.4 Å². The predicted octanol–water partition coefficient (Wildman–Crippen LogP) is 0.782. The third-order valence-electron chi connectivity index (χ3n) is 1.97. The zero-order chi connectivity index (χ0) is 8.55. The van der Waals surface area contributed by atoms with Gasteiger partial charge in [0.2, 0.25) is 5.13 Å². The van der Waals surface area contributed by atoms with Crippen LogP contribution in [0.15, 0.2) is 0 Å². The molecule has 2 N–H and O–H groups in total. The van der Waals surface area contributed by atoms with E-state index in [0.717, 1.165) is 23.0 Å². The van der Waals surface area contributed by atoms with Gasteiger partial charge in [-0.25, -0.2) is 0 Å². The Labute approximate surface area is 74.6 Å². The van der Waals surface area contributed by atoms with E-state index in [1.807, 2.05) is 6.92 Å². The normalized spacial score (nSPS) is 28.2. The summed E-state index contributed by atoms with van der Waals surface area (Å²) in [4.78, 5) is 0. The fourth-order valence-electron chi connectivity index (χ4n) is 1.24. The minimum Gasteiger partial charge on any atom is -0.393 e. The van der Waals surface area contributed by atoms with E-state index in [-0.39, 0.29) is 6.10 Å². The van der Waals surface area contributed by atoms with Crippen molar-refractivity contribution in [2.75, 3.05) is 5.32 Å². The molecule has 4 nitrogen and oxygen atoms in total. The summed E-state index contributed by atoms with van der Waals surface area (Å²) in [5, 5.41) is 21.9. The van der Waals surface area contributed by atoms with Crippen LogP contribution in [0.25, 0.3) is 0 Å². The Balaban J connectivity index is 1.88. The Morgan fingerprint density at radius 1 is 1.50 bits per heavy atom. The number of hydrogen-bond donors (Lipinski definition) is 2. The van der Waals surface area contributed by atoms with Crippen molar-refractivity contribution in [2.24, 2.45) is 0 Å². The number of nitrogens with zero attached hydrogens (tertiary/aromatic N) is 2. The second-order valence-electron chi connectivity index (χ2n) is 3.09. The van der Waals surface area contributed by atoms with Gasteiger partial charge in [-0.15, -0.1) is 10.2 Å². The van der Waals surface area contributed by atoms with Crippen molar-refractivity contribution in [3.05, 3.63) is 5.01 Å². The van der Waals surface area contributed by atoms with Gasteiger partial charge < -0.3 is 10.4 Å². The summed E-state index contributed by atoms with van der Waals surface area (Å²) < 4.78 is 0. The van der Waals surface area contributed by atoms with Crippen LogP contribution in [-0.2, 0) is 0 Å². The molecule has 0 aromatic carbocycles. The fraction of sp³-hybridized carbons (Fsp3) is 0.714. The van der Waals surface area contributed by atoms with E-state index < -0.39 is 0 Å². The second-order valence-corrected chi connectivity index (χ2v) is 4.27. The maximum Gasteiger partial charge on any atom is 0.205 e. The molecule has 1 aliphatic rings. The van der Waals surface area contributed by atoms with Crippen LogP contribution in [0.1, 0.15) is 17.8 Å². The number of aliphatic hydroxyl groups excluding tert-OH is 1. The number of anilines is 1. The summed E-state index contributed by atoms with van der Waals surface area (Å²) in [5.74, 6) is 0. The molecule has 0 unspecified atom stereocenters. The van der Waals surface area contributed by atoms with Crippen molar-refractivity contribution in [3.8, 4) is 0 Å². The van der Waals surface area contributed by atoms with E-state index in [9.17, 15) is 0 Å². The van der Waals surface area contributed by atoms with Crippen molar-refractivity contribution in [2.45, 2.75) is 31.9 Å². The molecule has 0 bridgehead atoms. The van der Waals surface area contributed by atoms with Crippen molar-refractivity contribution in [1.82, 2.24) is 10.2 Å². The van der Waals surface area contributed by atoms with Crippen LogP contribution in [0.4, 0.5) is 5.13 Å². The highest BCUT2D eigenvalue weighted by Gasteiger charge is 2.27. The maximum absolute atomic E-state index is 9.03. The van der Waals surface area contributed by atoms with E-state index in [1.165, 1.54) is 0 Å². The first-order chi connectivity index (χ1) is 5.74. The molecule has 1 fully saturated rings. The molecule has 0 aliphatic heterocycles. The first kappa shape index (κ1) is 7.94. The van der Waals surface area contributed by atoms with Gasteiger partial charge in [0.05, 0.1) is 6.10 Å². The summed E-state index contributed by atoms with van der Waals surface area (Å²) in [5.41, 5.74) is 0. The van der Waals surface area contributed by atoms with Crippen LogP contribution < -0.4 is 5.32 Å². The molecular formula is C7H11N3OS. The molecule has 0 saturated heterocycles. The molecule has 1 saturated carbocycles. The first-order valence-electron chi connectivity index (χ1n) is 3.99. The molecule has 66 valence electrons. The SMILES string of the molecule is Cc1nnc(NC2CC(O)C2)s1. The lowest BCUT2D eigenvalue weighted by atomic mass is 9.90.